The summed E-state index contributed by atoms with van der Waals surface area (Å²) >= 11 is 1.66. The van der Waals surface area contributed by atoms with Crippen molar-refractivity contribution in [1.82, 2.24) is 25.1 Å². The zero-order valence-electron chi connectivity index (χ0n) is 18.9. The van der Waals surface area contributed by atoms with Crippen molar-refractivity contribution in [3.63, 3.8) is 0 Å². The molecular formula is C23H28N6O3S. The number of piperidine rings is 1. The van der Waals surface area contributed by atoms with E-state index in [-0.39, 0.29) is 12.7 Å². The number of amides is 1. The van der Waals surface area contributed by atoms with Gasteiger partial charge in [0.2, 0.25) is 6.79 Å². The van der Waals surface area contributed by atoms with Crippen molar-refractivity contribution in [2.45, 2.75) is 50.1 Å². The Balaban J connectivity index is 1.33. The lowest BCUT2D eigenvalue weighted by Gasteiger charge is -2.28. The molecule has 2 aliphatic heterocycles. The highest BCUT2D eigenvalue weighted by molar-refractivity contribution is 7.99. The summed E-state index contributed by atoms with van der Waals surface area (Å²) in [6.45, 7) is 7.43. The van der Waals surface area contributed by atoms with E-state index in [1.54, 1.807) is 30.0 Å². The van der Waals surface area contributed by atoms with Crippen molar-refractivity contribution in [1.29, 1.82) is 0 Å². The van der Waals surface area contributed by atoms with E-state index >= 15 is 0 Å². The number of nitrogens with one attached hydrogen (secondary N) is 1. The molecule has 1 aromatic carbocycles. The smallest absolute Gasteiger partial charge is 0.251 e. The summed E-state index contributed by atoms with van der Waals surface area (Å²) in [7, 11) is 0. The van der Waals surface area contributed by atoms with Crippen molar-refractivity contribution in [2.24, 2.45) is 0 Å². The average Bonchev–Trinajstić information content (AvgIpc) is 3.45. The molecule has 4 heterocycles. The third kappa shape index (κ3) is 4.71. The van der Waals surface area contributed by atoms with E-state index in [1.807, 2.05) is 10.9 Å². The first-order chi connectivity index (χ1) is 16.1. The molecule has 0 atom stereocenters. The summed E-state index contributed by atoms with van der Waals surface area (Å²) in [5.41, 5.74) is 1.35. The minimum atomic E-state index is -0.163. The van der Waals surface area contributed by atoms with Crippen LogP contribution < -0.4 is 19.7 Å². The Hall–Kier alpha value is -3.01. The summed E-state index contributed by atoms with van der Waals surface area (Å²) in [4.78, 5) is 24.6. The van der Waals surface area contributed by atoms with Crippen molar-refractivity contribution < 1.29 is 14.3 Å². The molecule has 174 valence electrons. The van der Waals surface area contributed by atoms with E-state index in [0.29, 0.717) is 35.4 Å². The Morgan fingerprint density at radius 1 is 1.15 bits per heavy atom. The van der Waals surface area contributed by atoms with Crippen LogP contribution in [0.4, 0.5) is 5.82 Å². The van der Waals surface area contributed by atoms with Crippen molar-refractivity contribution >= 4 is 34.5 Å². The first-order valence-corrected chi connectivity index (χ1v) is 12.3. The maximum absolute atomic E-state index is 12.6. The minimum absolute atomic E-state index is 0.163. The van der Waals surface area contributed by atoms with Gasteiger partial charge in [-0.05, 0) is 37.5 Å². The lowest BCUT2D eigenvalue weighted by atomic mass is 10.1. The number of hydrogen-bond acceptors (Lipinski definition) is 8. The molecule has 0 radical (unpaired) electrons. The molecule has 0 aliphatic carbocycles. The van der Waals surface area contributed by atoms with Gasteiger partial charge in [-0.25, -0.2) is 14.6 Å². The fourth-order valence-electron chi connectivity index (χ4n) is 4.11. The third-order valence-corrected chi connectivity index (χ3v) is 6.56. The zero-order valence-corrected chi connectivity index (χ0v) is 19.7. The molecule has 0 unspecified atom stereocenters. The van der Waals surface area contributed by atoms with Crippen LogP contribution in [0.1, 0.15) is 43.5 Å². The summed E-state index contributed by atoms with van der Waals surface area (Å²) in [6, 6.07) is 5.19. The normalized spacial score (nSPS) is 15.4. The van der Waals surface area contributed by atoms with Gasteiger partial charge < -0.3 is 19.7 Å². The number of rotatable bonds is 7. The Labute approximate surface area is 196 Å². The number of carbonyl (C=O) groups excluding carboxylic acids is 1. The molecule has 2 aromatic heterocycles. The second-order valence-electron chi connectivity index (χ2n) is 8.47. The third-order valence-electron chi connectivity index (χ3n) is 5.70. The maximum Gasteiger partial charge on any atom is 0.251 e. The molecule has 0 spiro atoms. The lowest BCUT2D eigenvalue weighted by Crippen LogP contribution is -2.30. The van der Waals surface area contributed by atoms with E-state index in [0.717, 1.165) is 35.1 Å². The van der Waals surface area contributed by atoms with Crippen molar-refractivity contribution in [3.05, 3.63) is 30.0 Å². The summed E-state index contributed by atoms with van der Waals surface area (Å²) in [5, 5.41) is 9.66. The molecule has 0 bridgehead atoms. The SMILES string of the molecule is CC(C)Sc1nc(N2CCCCC2)c2cnn(CCNC(=O)c3ccc4c(c3)OCO4)c2n1. The Morgan fingerprint density at radius 3 is 2.79 bits per heavy atom. The second-order valence-corrected chi connectivity index (χ2v) is 10.0. The molecule has 1 saturated heterocycles. The topological polar surface area (TPSA) is 94.4 Å². The first-order valence-electron chi connectivity index (χ1n) is 11.4. The fourth-order valence-corrected chi connectivity index (χ4v) is 4.81. The van der Waals surface area contributed by atoms with Crippen LogP contribution in [-0.4, -0.2) is 57.3 Å². The average molecular weight is 469 g/mol. The molecule has 1 amide bonds. The van der Waals surface area contributed by atoms with Gasteiger partial charge in [-0.1, -0.05) is 25.6 Å². The van der Waals surface area contributed by atoms with E-state index in [9.17, 15) is 4.79 Å². The predicted molar refractivity (Wildman–Crippen MR) is 127 cm³/mol. The monoisotopic (exact) mass is 468 g/mol. The lowest BCUT2D eigenvalue weighted by molar-refractivity contribution is 0.0951. The van der Waals surface area contributed by atoms with E-state index in [1.165, 1.54) is 19.3 Å². The van der Waals surface area contributed by atoms with Crippen LogP contribution in [0.25, 0.3) is 11.0 Å². The molecule has 1 fully saturated rings. The first kappa shape index (κ1) is 21.8. The van der Waals surface area contributed by atoms with Gasteiger partial charge in [0, 0.05) is 30.4 Å². The van der Waals surface area contributed by atoms with Crippen molar-refractivity contribution in [2.75, 3.05) is 31.3 Å². The van der Waals surface area contributed by atoms with Crippen LogP contribution in [-0.2, 0) is 6.54 Å². The van der Waals surface area contributed by atoms with Crippen LogP contribution in [0.5, 0.6) is 11.5 Å². The maximum atomic E-state index is 12.6. The van der Waals surface area contributed by atoms with Crippen LogP contribution in [0.15, 0.2) is 29.6 Å². The van der Waals surface area contributed by atoms with Gasteiger partial charge in [-0.3, -0.25) is 4.79 Å². The van der Waals surface area contributed by atoms with Gasteiger partial charge in [0.15, 0.2) is 22.3 Å². The molecule has 5 rings (SSSR count). The largest absolute Gasteiger partial charge is 0.454 e. The van der Waals surface area contributed by atoms with Crippen LogP contribution in [0.2, 0.25) is 0 Å². The molecule has 0 saturated carbocycles. The fraction of sp³-hybridized carbons (Fsp3) is 0.478. The Bertz CT molecular complexity index is 1160. The molecule has 9 nitrogen and oxygen atoms in total. The van der Waals surface area contributed by atoms with E-state index in [2.05, 4.69) is 29.2 Å². The van der Waals surface area contributed by atoms with Gasteiger partial charge >= 0.3 is 0 Å². The number of thioether (sulfide) groups is 1. The van der Waals surface area contributed by atoms with Crippen LogP contribution in [0, 0.1) is 0 Å². The summed E-state index contributed by atoms with van der Waals surface area (Å²) < 4.78 is 12.5. The highest BCUT2D eigenvalue weighted by Crippen LogP contribution is 2.33. The van der Waals surface area contributed by atoms with Gasteiger partial charge in [0.1, 0.15) is 5.82 Å². The summed E-state index contributed by atoms with van der Waals surface area (Å²) in [5.74, 6) is 2.06. The molecule has 2 aliphatic rings. The van der Waals surface area contributed by atoms with Gasteiger partial charge in [0.25, 0.3) is 5.91 Å². The molecular weight excluding hydrogens is 440 g/mol. The van der Waals surface area contributed by atoms with Crippen LogP contribution in [0.3, 0.4) is 0 Å². The predicted octanol–water partition coefficient (Wildman–Crippen LogP) is 3.48. The molecule has 10 heteroatoms. The Morgan fingerprint density at radius 2 is 1.97 bits per heavy atom. The van der Waals surface area contributed by atoms with E-state index < -0.39 is 0 Å². The molecule has 1 N–H and O–H groups in total. The number of benzene rings is 1. The Kier molecular flexibility index (Phi) is 6.26. The quantitative estimate of drug-likeness (QED) is 0.416. The van der Waals surface area contributed by atoms with Crippen LogP contribution >= 0.6 is 11.8 Å². The summed E-state index contributed by atoms with van der Waals surface area (Å²) in [6.07, 6.45) is 5.47. The number of ether oxygens (including phenoxy) is 2. The highest BCUT2D eigenvalue weighted by Gasteiger charge is 2.21. The van der Waals surface area contributed by atoms with E-state index in [4.69, 9.17) is 19.4 Å². The van der Waals surface area contributed by atoms with Crippen molar-refractivity contribution in [3.8, 4) is 11.5 Å². The van der Waals surface area contributed by atoms with Gasteiger partial charge in [0.05, 0.1) is 18.1 Å². The highest BCUT2D eigenvalue weighted by atomic mass is 32.2. The minimum Gasteiger partial charge on any atom is -0.454 e. The number of anilines is 1. The molecule has 3 aromatic rings. The standard InChI is InChI=1S/C23H28N6O3S/c1-15(2)33-23-26-20(28-9-4-3-5-10-28)17-13-25-29(21(17)27-23)11-8-24-22(30)16-6-7-18-19(12-16)32-14-31-18/h6-7,12-13,15H,3-5,8-11,14H2,1-2H3,(H,24,30). The number of aromatic nitrogens is 4. The number of carbonyl (C=O) groups is 1. The number of nitrogens with zero attached hydrogens (tertiary/aromatic N) is 5. The molecule has 33 heavy (non-hydrogen) atoms. The second kappa shape index (κ2) is 9.46. The van der Waals surface area contributed by atoms with Gasteiger partial charge in [-0.15, -0.1) is 0 Å². The van der Waals surface area contributed by atoms with Gasteiger partial charge in [-0.2, -0.15) is 5.10 Å². The number of fused-ring (bicyclic) bond motifs is 2. The number of hydrogen-bond donors (Lipinski definition) is 1. The zero-order chi connectivity index (χ0) is 22.8.